The normalized spacial score (nSPS) is 28.2. The number of aliphatic hydroxyl groups is 1. The molecule has 1 saturated heterocycles. The van der Waals surface area contributed by atoms with Crippen LogP contribution in [0.3, 0.4) is 0 Å². The van der Waals surface area contributed by atoms with E-state index in [2.05, 4.69) is 5.32 Å². The Morgan fingerprint density at radius 3 is 2.64 bits per heavy atom. The van der Waals surface area contributed by atoms with Crippen LogP contribution in [-0.4, -0.2) is 43.0 Å². The molecular weight excluding hydrogens is 282 g/mol. The van der Waals surface area contributed by atoms with Crippen LogP contribution in [0.4, 0.5) is 0 Å². The second-order valence-corrected chi connectivity index (χ2v) is 6.16. The van der Waals surface area contributed by atoms with Gasteiger partial charge in [0.25, 0.3) is 0 Å². The van der Waals surface area contributed by atoms with Crippen LogP contribution < -0.4 is 10.1 Å². The van der Waals surface area contributed by atoms with Crippen molar-refractivity contribution in [2.45, 2.75) is 43.9 Å². The second-order valence-electron chi connectivity index (χ2n) is 6.16. The third kappa shape index (κ3) is 3.25. The van der Waals surface area contributed by atoms with Gasteiger partial charge in [-0.05, 0) is 37.0 Å². The molecule has 0 bridgehead atoms. The van der Waals surface area contributed by atoms with Crippen LogP contribution in [0.15, 0.2) is 24.3 Å². The predicted molar refractivity (Wildman–Crippen MR) is 81.7 cm³/mol. The molecule has 0 unspecified atom stereocenters. The summed E-state index contributed by atoms with van der Waals surface area (Å²) in [5.41, 5.74) is 1.12. The third-order valence-corrected chi connectivity index (χ3v) is 4.67. The van der Waals surface area contributed by atoms with Gasteiger partial charge in [0.1, 0.15) is 18.0 Å². The molecule has 0 amide bonds. The molecule has 0 aromatic heterocycles. The summed E-state index contributed by atoms with van der Waals surface area (Å²) in [6.07, 6.45) is 2.54. The van der Waals surface area contributed by atoms with E-state index in [-0.39, 0.29) is 17.9 Å². The minimum atomic E-state index is -0.632. The summed E-state index contributed by atoms with van der Waals surface area (Å²) >= 11 is 0. The standard InChI is InChI=1S/C17H23NO4/c1-21-13-7-5-11(6-8-13)9-14-16(15(19)10-18-14)22-17(20)12-3-2-4-12/h5-8,12,14-16,18-19H,2-4,9-10H2,1H3/t14-,15+,16+/m1/s1. The van der Waals surface area contributed by atoms with Crippen LogP contribution in [0.1, 0.15) is 24.8 Å². The highest BCUT2D eigenvalue weighted by atomic mass is 16.6. The van der Waals surface area contributed by atoms with Crippen molar-refractivity contribution >= 4 is 5.97 Å². The van der Waals surface area contributed by atoms with E-state index >= 15 is 0 Å². The minimum Gasteiger partial charge on any atom is -0.497 e. The van der Waals surface area contributed by atoms with Gasteiger partial charge < -0.3 is 19.9 Å². The van der Waals surface area contributed by atoms with Gasteiger partial charge in [0.15, 0.2) is 0 Å². The van der Waals surface area contributed by atoms with Crippen LogP contribution in [0.5, 0.6) is 5.75 Å². The summed E-state index contributed by atoms with van der Waals surface area (Å²) in [6.45, 7) is 0.462. The van der Waals surface area contributed by atoms with E-state index in [1.807, 2.05) is 24.3 Å². The highest BCUT2D eigenvalue weighted by Gasteiger charge is 2.39. The van der Waals surface area contributed by atoms with Crippen molar-refractivity contribution < 1.29 is 19.4 Å². The molecule has 2 fully saturated rings. The Labute approximate surface area is 130 Å². The molecule has 1 aliphatic heterocycles. The van der Waals surface area contributed by atoms with Gasteiger partial charge in [0, 0.05) is 6.54 Å². The Kier molecular flexibility index (Phi) is 4.64. The molecule has 0 radical (unpaired) electrons. The van der Waals surface area contributed by atoms with E-state index < -0.39 is 12.2 Å². The third-order valence-electron chi connectivity index (χ3n) is 4.67. The van der Waals surface area contributed by atoms with E-state index in [0.29, 0.717) is 13.0 Å². The van der Waals surface area contributed by atoms with Gasteiger partial charge in [-0.15, -0.1) is 0 Å². The number of esters is 1. The van der Waals surface area contributed by atoms with Gasteiger partial charge in [-0.2, -0.15) is 0 Å². The number of hydrogen-bond donors (Lipinski definition) is 2. The number of aliphatic hydroxyl groups excluding tert-OH is 1. The van der Waals surface area contributed by atoms with Gasteiger partial charge in [0.2, 0.25) is 0 Å². The summed E-state index contributed by atoms with van der Waals surface area (Å²) in [5, 5.41) is 13.3. The van der Waals surface area contributed by atoms with Crippen LogP contribution in [0.2, 0.25) is 0 Å². The van der Waals surface area contributed by atoms with Gasteiger partial charge in [-0.1, -0.05) is 18.6 Å². The zero-order valence-electron chi connectivity index (χ0n) is 12.8. The molecule has 0 spiro atoms. The fourth-order valence-corrected chi connectivity index (χ4v) is 3.01. The zero-order valence-corrected chi connectivity index (χ0v) is 12.8. The number of ether oxygens (including phenoxy) is 2. The Morgan fingerprint density at radius 1 is 1.32 bits per heavy atom. The summed E-state index contributed by atoms with van der Waals surface area (Å²) in [6, 6.07) is 7.77. The average Bonchev–Trinajstić information content (AvgIpc) is 2.79. The number of benzene rings is 1. The number of carbonyl (C=O) groups is 1. The highest BCUT2D eigenvalue weighted by molar-refractivity contribution is 5.73. The Morgan fingerprint density at radius 2 is 2.05 bits per heavy atom. The predicted octanol–water partition coefficient (Wildman–Crippen LogP) is 1.28. The molecule has 3 rings (SSSR count). The van der Waals surface area contributed by atoms with E-state index in [1.54, 1.807) is 7.11 Å². The molecule has 2 aliphatic rings. The van der Waals surface area contributed by atoms with E-state index in [4.69, 9.17) is 9.47 Å². The monoisotopic (exact) mass is 305 g/mol. The summed E-state index contributed by atoms with van der Waals surface area (Å²) in [7, 11) is 1.64. The fourth-order valence-electron chi connectivity index (χ4n) is 3.01. The molecule has 1 aromatic carbocycles. The smallest absolute Gasteiger partial charge is 0.309 e. The van der Waals surface area contributed by atoms with Crippen LogP contribution >= 0.6 is 0 Å². The quantitative estimate of drug-likeness (QED) is 0.802. The Balaban J connectivity index is 1.61. The van der Waals surface area contributed by atoms with Crippen LogP contribution in [-0.2, 0) is 16.0 Å². The zero-order chi connectivity index (χ0) is 15.5. The molecular formula is C17H23NO4. The number of methoxy groups -OCH3 is 1. The lowest BCUT2D eigenvalue weighted by atomic mass is 9.85. The second kappa shape index (κ2) is 6.67. The van der Waals surface area contributed by atoms with Crippen molar-refractivity contribution in [2.75, 3.05) is 13.7 Å². The Hall–Kier alpha value is -1.59. The number of rotatable bonds is 5. The largest absolute Gasteiger partial charge is 0.497 e. The van der Waals surface area contributed by atoms with Crippen molar-refractivity contribution in [1.82, 2.24) is 5.32 Å². The SMILES string of the molecule is COc1ccc(C[C@H]2NC[C@H](O)[C@H]2OC(=O)C2CCC2)cc1. The lowest BCUT2D eigenvalue weighted by Crippen LogP contribution is -2.41. The van der Waals surface area contributed by atoms with Crippen molar-refractivity contribution in [1.29, 1.82) is 0 Å². The number of carbonyl (C=O) groups excluding carboxylic acids is 1. The van der Waals surface area contributed by atoms with E-state index in [0.717, 1.165) is 30.6 Å². The lowest BCUT2D eigenvalue weighted by Gasteiger charge is -2.28. The molecule has 5 nitrogen and oxygen atoms in total. The van der Waals surface area contributed by atoms with E-state index in [9.17, 15) is 9.90 Å². The maximum atomic E-state index is 12.0. The van der Waals surface area contributed by atoms with Crippen LogP contribution in [0, 0.1) is 5.92 Å². The topological polar surface area (TPSA) is 67.8 Å². The molecule has 22 heavy (non-hydrogen) atoms. The number of hydrogen-bond acceptors (Lipinski definition) is 5. The van der Waals surface area contributed by atoms with Gasteiger partial charge >= 0.3 is 5.97 Å². The van der Waals surface area contributed by atoms with Crippen molar-refractivity contribution in [3.05, 3.63) is 29.8 Å². The molecule has 1 heterocycles. The molecule has 1 aromatic rings. The van der Waals surface area contributed by atoms with E-state index in [1.165, 1.54) is 0 Å². The first-order valence-electron chi connectivity index (χ1n) is 7.92. The summed E-state index contributed by atoms with van der Waals surface area (Å²) in [4.78, 5) is 12.0. The number of β-amino-alcohol motifs (C(OH)–C–C–N with tert-alkyl or cyclic N) is 1. The van der Waals surface area contributed by atoms with Gasteiger partial charge in [0.05, 0.1) is 19.1 Å². The molecule has 5 heteroatoms. The highest BCUT2D eigenvalue weighted by Crippen LogP contribution is 2.29. The fraction of sp³-hybridized carbons (Fsp3) is 0.588. The van der Waals surface area contributed by atoms with Crippen LogP contribution in [0.25, 0.3) is 0 Å². The molecule has 3 atom stereocenters. The molecule has 1 aliphatic carbocycles. The molecule has 1 saturated carbocycles. The summed E-state index contributed by atoms with van der Waals surface area (Å²) in [5.74, 6) is 0.698. The van der Waals surface area contributed by atoms with Gasteiger partial charge in [-0.25, -0.2) is 0 Å². The molecule has 120 valence electrons. The lowest BCUT2D eigenvalue weighted by molar-refractivity contribution is -0.161. The molecule has 2 N–H and O–H groups in total. The Bertz CT molecular complexity index is 512. The first kappa shape index (κ1) is 15.3. The first-order chi connectivity index (χ1) is 10.7. The van der Waals surface area contributed by atoms with Crippen molar-refractivity contribution in [3.8, 4) is 5.75 Å². The maximum Gasteiger partial charge on any atom is 0.309 e. The summed E-state index contributed by atoms with van der Waals surface area (Å²) < 4.78 is 10.7. The minimum absolute atomic E-state index is 0.0365. The van der Waals surface area contributed by atoms with Crippen molar-refractivity contribution in [2.24, 2.45) is 5.92 Å². The number of nitrogens with one attached hydrogen (secondary N) is 1. The van der Waals surface area contributed by atoms with Crippen molar-refractivity contribution in [3.63, 3.8) is 0 Å². The average molecular weight is 305 g/mol. The first-order valence-corrected chi connectivity index (χ1v) is 7.92. The van der Waals surface area contributed by atoms with Gasteiger partial charge in [-0.3, -0.25) is 4.79 Å². The maximum absolute atomic E-state index is 12.0.